The summed E-state index contributed by atoms with van der Waals surface area (Å²) in [5.41, 5.74) is 2.67. The lowest BCUT2D eigenvalue weighted by Crippen LogP contribution is -2.27. The van der Waals surface area contributed by atoms with Crippen molar-refractivity contribution in [1.29, 1.82) is 0 Å². The van der Waals surface area contributed by atoms with Crippen molar-refractivity contribution < 1.29 is 9.84 Å². The average Bonchev–Trinajstić information content (AvgIpc) is 2.63. The minimum Gasteiger partial charge on any atom is -0.496 e. The molecule has 142 valence electrons. The highest BCUT2D eigenvalue weighted by Crippen LogP contribution is 2.28. The van der Waals surface area contributed by atoms with Crippen LogP contribution in [-0.4, -0.2) is 27.9 Å². The number of aryl methyl sites for hydroxylation is 1. The molecule has 0 aliphatic rings. The molecule has 0 saturated heterocycles. The number of fused-ring (bicyclic) bond motifs is 1. The van der Waals surface area contributed by atoms with E-state index in [4.69, 9.17) is 4.74 Å². The molecule has 0 aliphatic carbocycles. The van der Waals surface area contributed by atoms with E-state index >= 15 is 0 Å². The second-order valence-corrected chi connectivity index (χ2v) is 8.28. The molecule has 0 amide bonds. The van der Waals surface area contributed by atoms with Crippen molar-refractivity contribution in [2.24, 2.45) is 0 Å². The van der Waals surface area contributed by atoms with Gasteiger partial charge in [0.15, 0.2) is 5.16 Å². The third-order valence-corrected chi connectivity index (χ3v) is 5.64. The number of halogens is 1. The first-order valence-corrected chi connectivity index (χ1v) is 10.3. The third kappa shape index (κ3) is 4.54. The summed E-state index contributed by atoms with van der Waals surface area (Å²) in [7, 11) is 1.65. The molecule has 0 spiro atoms. The van der Waals surface area contributed by atoms with E-state index in [9.17, 15) is 9.90 Å². The summed E-state index contributed by atoms with van der Waals surface area (Å²) < 4.78 is 7.81. The van der Waals surface area contributed by atoms with E-state index in [1.165, 1.54) is 11.8 Å². The van der Waals surface area contributed by atoms with Gasteiger partial charge >= 0.3 is 0 Å². The number of aromatic nitrogens is 2. The van der Waals surface area contributed by atoms with Gasteiger partial charge in [-0.1, -0.05) is 45.4 Å². The van der Waals surface area contributed by atoms with Gasteiger partial charge in [-0.3, -0.25) is 9.36 Å². The lowest BCUT2D eigenvalue weighted by Gasteiger charge is -2.15. The number of hydrogen-bond acceptors (Lipinski definition) is 5. The Balaban J connectivity index is 2.03. The Labute approximate surface area is 170 Å². The van der Waals surface area contributed by atoms with E-state index in [1.807, 2.05) is 31.2 Å². The first-order valence-electron chi connectivity index (χ1n) is 8.53. The molecule has 2 aromatic carbocycles. The standard InChI is InChI=1S/C20H21BrN2O3S/c1-12-4-7-18(26-3)14(8-12)11-27-20-22-17-6-5-15(21)9-16(17)19(25)23(20)10-13(2)24/h4-9,13,24H,10-11H2,1-3H3/t13-/m1/s1. The van der Waals surface area contributed by atoms with Gasteiger partial charge in [0.2, 0.25) is 0 Å². The summed E-state index contributed by atoms with van der Waals surface area (Å²) in [6.45, 7) is 3.89. The molecule has 5 nitrogen and oxygen atoms in total. The Morgan fingerprint density at radius 3 is 2.78 bits per heavy atom. The van der Waals surface area contributed by atoms with E-state index in [-0.39, 0.29) is 12.1 Å². The molecule has 0 aliphatic heterocycles. The van der Waals surface area contributed by atoms with Crippen LogP contribution in [0.1, 0.15) is 18.1 Å². The van der Waals surface area contributed by atoms with Crippen LogP contribution in [0, 0.1) is 6.92 Å². The minimum absolute atomic E-state index is 0.152. The number of nitrogens with zero attached hydrogens (tertiary/aromatic N) is 2. The molecule has 1 aromatic heterocycles. The van der Waals surface area contributed by atoms with Gasteiger partial charge in [-0.05, 0) is 38.1 Å². The topological polar surface area (TPSA) is 64.3 Å². The van der Waals surface area contributed by atoms with Gasteiger partial charge in [-0.15, -0.1) is 0 Å². The Bertz CT molecular complexity index is 1030. The van der Waals surface area contributed by atoms with Crippen LogP contribution in [0.25, 0.3) is 10.9 Å². The first-order chi connectivity index (χ1) is 12.9. The maximum atomic E-state index is 13.0. The maximum Gasteiger partial charge on any atom is 0.262 e. The molecule has 1 N–H and O–H groups in total. The molecular weight excluding hydrogens is 428 g/mol. The van der Waals surface area contributed by atoms with Gasteiger partial charge in [-0.25, -0.2) is 4.98 Å². The average molecular weight is 449 g/mol. The SMILES string of the molecule is COc1ccc(C)cc1CSc1nc2ccc(Br)cc2c(=O)n1C[C@@H](C)O. The van der Waals surface area contributed by atoms with Crippen LogP contribution in [0.5, 0.6) is 5.75 Å². The number of aliphatic hydroxyl groups is 1. The lowest BCUT2D eigenvalue weighted by molar-refractivity contribution is 0.168. The zero-order valence-electron chi connectivity index (χ0n) is 15.4. The number of hydrogen-bond donors (Lipinski definition) is 1. The largest absolute Gasteiger partial charge is 0.496 e. The molecule has 0 unspecified atom stereocenters. The Kier molecular flexibility index (Phi) is 6.24. The quantitative estimate of drug-likeness (QED) is 0.453. The molecule has 0 bridgehead atoms. The summed E-state index contributed by atoms with van der Waals surface area (Å²) in [6, 6.07) is 11.5. The van der Waals surface area contributed by atoms with Crippen molar-refractivity contribution in [3.63, 3.8) is 0 Å². The number of aliphatic hydroxyl groups excluding tert-OH is 1. The van der Waals surface area contributed by atoms with Crippen LogP contribution < -0.4 is 10.3 Å². The highest BCUT2D eigenvalue weighted by molar-refractivity contribution is 9.10. The van der Waals surface area contributed by atoms with Gasteiger partial charge in [0, 0.05) is 15.8 Å². The Morgan fingerprint density at radius 1 is 1.30 bits per heavy atom. The van der Waals surface area contributed by atoms with Crippen molar-refractivity contribution in [2.45, 2.75) is 37.4 Å². The summed E-state index contributed by atoms with van der Waals surface area (Å²) in [5, 5.41) is 11.0. The van der Waals surface area contributed by atoms with Crippen LogP contribution >= 0.6 is 27.7 Å². The van der Waals surface area contributed by atoms with E-state index < -0.39 is 6.10 Å². The normalized spacial score (nSPS) is 12.3. The van der Waals surface area contributed by atoms with Crippen molar-refractivity contribution >= 4 is 38.6 Å². The molecule has 0 saturated carbocycles. The summed E-state index contributed by atoms with van der Waals surface area (Å²) in [5.74, 6) is 1.42. The number of ether oxygens (including phenoxy) is 1. The Morgan fingerprint density at radius 2 is 2.07 bits per heavy atom. The van der Waals surface area contributed by atoms with E-state index in [2.05, 4.69) is 27.0 Å². The fourth-order valence-corrected chi connectivity index (χ4v) is 4.22. The van der Waals surface area contributed by atoms with Crippen molar-refractivity contribution in [1.82, 2.24) is 9.55 Å². The van der Waals surface area contributed by atoms with E-state index in [0.717, 1.165) is 21.3 Å². The highest BCUT2D eigenvalue weighted by Gasteiger charge is 2.15. The summed E-state index contributed by atoms with van der Waals surface area (Å²) in [4.78, 5) is 17.7. The van der Waals surface area contributed by atoms with Gasteiger partial charge in [0.25, 0.3) is 5.56 Å². The summed E-state index contributed by atoms with van der Waals surface area (Å²) >= 11 is 4.86. The Hall–Kier alpha value is -1.83. The monoisotopic (exact) mass is 448 g/mol. The molecule has 3 aromatic rings. The molecule has 0 radical (unpaired) electrons. The van der Waals surface area contributed by atoms with E-state index in [0.29, 0.717) is 21.8 Å². The van der Waals surface area contributed by atoms with Crippen LogP contribution in [0.4, 0.5) is 0 Å². The second kappa shape index (κ2) is 8.46. The molecular formula is C20H21BrN2O3S. The first kappa shape index (κ1) is 19.9. The van der Waals surface area contributed by atoms with Crippen LogP contribution in [0.3, 0.4) is 0 Å². The number of benzene rings is 2. The van der Waals surface area contributed by atoms with E-state index in [1.54, 1.807) is 24.7 Å². The van der Waals surface area contributed by atoms with Gasteiger partial charge in [-0.2, -0.15) is 0 Å². The predicted molar refractivity (Wildman–Crippen MR) is 113 cm³/mol. The highest BCUT2D eigenvalue weighted by atomic mass is 79.9. The fourth-order valence-electron chi connectivity index (χ4n) is 2.87. The van der Waals surface area contributed by atoms with Crippen LogP contribution in [-0.2, 0) is 12.3 Å². The number of thioether (sulfide) groups is 1. The lowest BCUT2D eigenvalue weighted by atomic mass is 10.1. The fraction of sp³-hybridized carbons (Fsp3) is 0.300. The van der Waals surface area contributed by atoms with Gasteiger partial charge in [0.05, 0.1) is 30.7 Å². The van der Waals surface area contributed by atoms with Crippen molar-refractivity contribution in [3.8, 4) is 5.75 Å². The zero-order valence-corrected chi connectivity index (χ0v) is 17.8. The molecule has 27 heavy (non-hydrogen) atoms. The minimum atomic E-state index is -0.651. The van der Waals surface area contributed by atoms with Gasteiger partial charge < -0.3 is 9.84 Å². The second-order valence-electron chi connectivity index (χ2n) is 6.42. The number of rotatable bonds is 6. The smallest absolute Gasteiger partial charge is 0.262 e. The third-order valence-electron chi connectivity index (χ3n) is 4.12. The molecule has 3 rings (SSSR count). The molecule has 1 heterocycles. The van der Waals surface area contributed by atoms with Crippen LogP contribution in [0.2, 0.25) is 0 Å². The molecule has 1 atom stereocenters. The van der Waals surface area contributed by atoms with Gasteiger partial charge in [0.1, 0.15) is 5.75 Å². The predicted octanol–water partition coefficient (Wildman–Crippen LogP) is 4.15. The maximum absolute atomic E-state index is 13.0. The van der Waals surface area contributed by atoms with Crippen molar-refractivity contribution in [2.75, 3.05) is 7.11 Å². The zero-order chi connectivity index (χ0) is 19.6. The molecule has 0 fully saturated rings. The number of methoxy groups -OCH3 is 1. The van der Waals surface area contributed by atoms with Crippen molar-refractivity contribution in [3.05, 3.63) is 62.4 Å². The molecule has 7 heteroatoms. The van der Waals surface area contributed by atoms with Crippen LogP contribution in [0.15, 0.2) is 50.8 Å². The summed E-state index contributed by atoms with van der Waals surface area (Å²) in [6.07, 6.45) is -0.651.